The van der Waals surface area contributed by atoms with E-state index in [4.69, 9.17) is 0 Å². The van der Waals surface area contributed by atoms with Crippen LogP contribution in [0.25, 0.3) is 0 Å². The summed E-state index contributed by atoms with van der Waals surface area (Å²) in [7, 11) is 0. The zero-order valence-corrected chi connectivity index (χ0v) is 18.8. The Hall–Kier alpha value is -1.55. The number of hydrogen-bond acceptors (Lipinski definition) is 3. The van der Waals surface area contributed by atoms with E-state index in [1.807, 2.05) is 36.4 Å². The third kappa shape index (κ3) is 6.53. The number of guanidine groups is 1. The Labute approximate surface area is 182 Å². The number of rotatable bonds is 7. The van der Waals surface area contributed by atoms with E-state index in [9.17, 15) is 4.79 Å². The second-order valence-electron chi connectivity index (χ2n) is 6.29. The van der Waals surface area contributed by atoms with Gasteiger partial charge in [-0.3, -0.25) is 9.79 Å². The van der Waals surface area contributed by atoms with Crippen LogP contribution in [-0.2, 0) is 24.3 Å². The van der Waals surface area contributed by atoms with Crippen molar-refractivity contribution in [3.63, 3.8) is 0 Å². The van der Waals surface area contributed by atoms with Gasteiger partial charge in [0.1, 0.15) is 0 Å². The highest BCUT2D eigenvalue weighted by Gasteiger charge is 2.20. The largest absolute Gasteiger partial charge is 0.357 e. The first-order valence-corrected chi connectivity index (χ1v) is 10.1. The summed E-state index contributed by atoms with van der Waals surface area (Å²) in [6.45, 7) is 6.60. The van der Waals surface area contributed by atoms with Gasteiger partial charge >= 0.3 is 0 Å². The number of fused-ring (bicyclic) bond motifs is 1. The Balaban J connectivity index is 0.00000261. The molecule has 2 aromatic heterocycles. The number of halogens is 1. The number of thiophene rings is 1. The van der Waals surface area contributed by atoms with Crippen LogP contribution in [0.4, 0.5) is 0 Å². The standard InChI is InChI=1S/C19H27N5OS.HI/c1-2-20-19(22-9-13-23-10-3-4-11-23)21-8-5-18(25)24-12-6-17-16(15-24)7-14-26-17;/h3-4,7,10-11,14H,2,5-6,8-9,12-13,15H2,1H3,(H2,20,21,22);1H. The number of aliphatic imine (C=N–C) groups is 1. The molecule has 2 N–H and O–H groups in total. The third-order valence-corrected chi connectivity index (χ3v) is 5.45. The summed E-state index contributed by atoms with van der Waals surface area (Å²) >= 11 is 1.79. The number of carbonyl (C=O) groups is 1. The van der Waals surface area contributed by atoms with Crippen LogP contribution in [0.5, 0.6) is 0 Å². The minimum absolute atomic E-state index is 0. The first-order valence-electron chi connectivity index (χ1n) is 9.22. The van der Waals surface area contributed by atoms with Gasteiger partial charge in [-0.15, -0.1) is 35.3 Å². The van der Waals surface area contributed by atoms with Crippen LogP contribution in [0.2, 0.25) is 0 Å². The van der Waals surface area contributed by atoms with E-state index in [2.05, 4.69) is 31.6 Å². The first-order chi connectivity index (χ1) is 12.8. The van der Waals surface area contributed by atoms with Crippen molar-refractivity contribution in [1.29, 1.82) is 0 Å². The van der Waals surface area contributed by atoms with Gasteiger partial charge in [0.2, 0.25) is 5.91 Å². The van der Waals surface area contributed by atoms with E-state index in [1.54, 1.807) is 11.3 Å². The van der Waals surface area contributed by atoms with Gasteiger partial charge in [-0.05, 0) is 42.5 Å². The molecule has 0 bridgehead atoms. The van der Waals surface area contributed by atoms with Crippen molar-refractivity contribution in [2.24, 2.45) is 4.99 Å². The molecule has 0 radical (unpaired) electrons. The number of aromatic nitrogens is 1. The molecule has 27 heavy (non-hydrogen) atoms. The maximum atomic E-state index is 12.5. The van der Waals surface area contributed by atoms with Gasteiger partial charge in [-0.1, -0.05) is 0 Å². The first kappa shape index (κ1) is 21.7. The number of hydrogen-bond donors (Lipinski definition) is 2. The number of carbonyl (C=O) groups excluding carboxylic acids is 1. The summed E-state index contributed by atoms with van der Waals surface area (Å²) in [5.41, 5.74) is 1.30. The van der Waals surface area contributed by atoms with Gasteiger partial charge in [0, 0.05) is 56.4 Å². The number of amides is 1. The average Bonchev–Trinajstić information content (AvgIpc) is 3.32. The lowest BCUT2D eigenvalue weighted by Gasteiger charge is -2.26. The Bertz CT molecular complexity index is 728. The van der Waals surface area contributed by atoms with Crippen molar-refractivity contribution < 1.29 is 4.79 Å². The molecule has 0 aliphatic carbocycles. The molecule has 0 aromatic carbocycles. The van der Waals surface area contributed by atoms with Crippen molar-refractivity contribution in [1.82, 2.24) is 20.1 Å². The highest BCUT2D eigenvalue weighted by molar-refractivity contribution is 14.0. The fraction of sp³-hybridized carbons (Fsp3) is 0.474. The lowest BCUT2D eigenvalue weighted by Crippen LogP contribution is -2.39. The highest BCUT2D eigenvalue weighted by atomic mass is 127. The topological polar surface area (TPSA) is 61.7 Å². The second kappa shape index (κ2) is 11.3. The van der Waals surface area contributed by atoms with Crippen LogP contribution in [0.3, 0.4) is 0 Å². The molecule has 148 valence electrons. The Morgan fingerprint density at radius 1 is 1.30 bits per heavy atom. The molecule has 0 fully saturated rings. The highest BCUT2D eigenvalue weighted by Crippen LogP contribution is 2.24. The van der Waals surface area contributed by atoms with Gasteiger partial charge in [0.05, 0.1) is 6.54 Å². The lowest BCUT2D eigenvalue weighted by atomic mass is 10.1. The number of nitrogens with zero attached hydrogens (tertiary/aromatic N) is 3. The Morgan fingerprint density at radius 3 is 2.89 bits per heavy atom. The van der Waals surface area contributed by atoms with E-state index in [1.165, 1.54) is 10.4 Å². The van der Waals surface area contributed by atoms with Gasteiger partial charge < -0.3 is 20.1 Å². The van der Waals surface area contributed by atoms with E-state index < -0.39 is 0 Å². The fourth-order valence-corrected chi connectivity index (χ4v) is 3.94. The van der Waals surface area contributed by atoms with E-state index in [0.717, 1.165) is 45.1 Å². The zero-order chi connectivity index (χ0) is 18.2. The van der Waals surface area contributed by atoms with Gasteiger partial charge in [0.15, 0.2) is 5.96 Å². The summed E-state index contributed by atoms with van der Waals surface area (Å²) in [4.78, 5) is 20.4. The molecule has 2 aromatic rings. The van der Waals surface area contributed by atoms with E-state index >= 15 is 0 Å². The van der Waals surface area contributed by atoms with Crippen LogP contribution < -0.4 is 10.6 Å². The van der Waals surface area contributed by atoms with Crippen molar-refractivity contribution in [2.45, 2.75) is 32.9 Å². The summed E-state index contributed by atoms with van der Waals surface area (Å²) < 4.78 is 2.12. The van der Waals surface area contributed by atoms with Crippen molar-refractivity contribution in [2.75, 3.05) is 26.2 Å². The molecule has 1 amide bonds. The Morgan fingerprint density at radius 2 is 2.11 bits per heavy atom. The second-order valence-corrected chi connectivity index (χ2v) is 7.29. The minimum Gasteiger partial charge on any atom is -0.357 e. The molecule has 3 rings (SSSR count). The maximum absolute atomic E-state index is 12.5. The van der Waals surface area contributed by atoms with Crippen LogP contribution in [-0.4, -0.2) is 47.5 Å². The Kier molecular flexibility index (Phi) is 9.12. The minimum atomic E-state index is 0. The molecule has 8 heteroatoms. The summed E-state index contributed by atoms with van der Waals surface area (Å²) in [6, 6.07) is 6.17. The molecule has 1 aliphatic heterocycles. The van der Waals surface area contributed by atoms with E-state index in [-0.39, 0.29) is 29.9 Å². The van der Waals surface area contributed by atoms with Gasteiger partial charge in [0.25, 0.3) is 0 Å². The molecular weight excluding hydrogens is 473 g/mol. The molecule has 0 spiro atoms. The smallest absolute Gasteiger partial charge is 0.224 e. The lowest BCUT2D eigenvalue weighted by molar-refractivity contribution is -0.131. The van der Waals surface area contributed by atoms with Crippen molar-refractivity contribution in [3.8, 4) is 0 Å². The third-order valence-electron chi connectivity index (χ3n) is 4.43. The molecule has 0 unspecified atom stereocenters. The molecule has 0 saturated heterocycles. The van der Waals surface area contributed by atoms with Crippen LogP contribution in [0.15, 0.2) is 41.0 Å². The number of nitrogens with one attached hydrogen (secondary N) is 2. The van der Waals surface area contributed by atoms with Crippen LogP contribution in [0.1, 0.15) is 23.8 Å². The van der Waals surface area contributed by atoms with Gasteiger partial charge in [-0.25, -0.2) is 0 Å². The zero-order valence-electron chi connectivity index (χ0n) is 15.7. The summed E-state index contributed by atoms with van der Waals surface area (Å²) in [5, 5.41) is 8.66. The molecule has 3 heterocycles. The quantitative estimate of drug-likeness (QED) is 0.349. The van der Waals surface area contributed by atoms with Crippen LogP contribution >= 0.6 is 35.3 Å². The summed E-state index contributed by atoms with van der Waals surface area (Å²) in [6.07, 6.45) is 5.52. The van der Waals surface area contributed by atoms with Crippen LogP contribution in [0, 0.1) is 0 Å². The predicted molar refractivity (Wildman–Crippen MR) is 122 cm³/mol. The van der Waals surface area contributed by atoms with Gasteiger partial charge in [-0.2, -0.15) is 0 Å². The fourth-order valence-electron chi connectivity index (χ4n) is 3.05. The average molecular weight is 501 g/mol. The monoisotopic (exact) mass is 501 g/mol. The molecule has 0 saturated carbocycles. The molecule has 1 aliphatic rings. The molecule has 0 atom stereocenters. The van der Waals surface area contributed by atoms with Crippen molar-refractivity contribution >= 4 is 47.2 Å². The van der Waals surface area contributed by atoms with Crippen molar-refractivity contribution in [3.05, 3.63) is 46.4 Å². The predicted octanol–water partition coefficient (Wildman–Crippen LogP) is 2.70. The molecular formula is C19H28IN5OS. The normalized spacial score (nSPS) is 13.7. The SMILES string of the molecule is CCNC(=NCCC(=O)N1CCc2sccc2C1)NCCn1cccc1.I. The maximum Gasteiger partial charge on any atom is 0.224 e. The summed E-state index contributed by atoms with van der Waals surface area (Å²) in [5.74, 6) is 0.958. The van der Waals surface area contributed by atoms with E-state index in [0.29, 0.717) is 13.0 Å². The molecule has 6 nitrogen and oxygen atoms in total.